The first-order valence-corrected chi connectivity index (χ1v) is 8.23. The molecule has 1 aromatic carbocycles. The maximum absolute atomic E-state index is 12.3. The van der Waals surface area contributed by atoms with Crippen LogP contribution in [0, 0.1) is 11.5 Å². The maximum Gasteiger partial charge on any atom is 0.387 e. The number of imide groups is 1. The highest BCUT2D eigenvalue weighted by atomic mass is 32.2. The van der Waals surface area contributed by atoms with Gasteiger partial charge in [0.15, 0.2) is 16.0 Å². The first kappa shape index (κ1) is 19.3. The Morgan fingerprint density at radius 1 is 1.33 bits per heavy atom. The van der Waals surface area contributed by atoms with Crippen LogP contribution in [-0.2, 0) is 20.4 Å². The van der Waals surface area contributed by atoms with Crippen molar-refractivity contribution in [3.63, 3.8) is 0 Å². The third kappa shape index (κ3) is 5.81. The number of alkyl halides is 2. The predicted molar refractivity (Wildman–Crippen MR) is 77.2 cm³/mol. The highest BCUT2D eigenvalue weighted by molar-refractivity contribution is 7.90. The molecule has 11 heteroatoms. The molecule has 0 bridgehead atoms. The van der Waals surface area contributed by atoms with Crippen molar-refractivity contribution < 1.29 is 31.5 Å². The first-order valence-electron chi connectivity index (χ1n) is 6.41. The molecule has 0 aliphatic rings. The summed E-state index contributed by atoms with van der Waals surface area (Å²) in [7, 11) is -3.89. The number of urea groups is 1. The largest absolute Gasteiger partial charge is 0.435 e. The smallest absolute Gasteiger partial charge is 0.387 e. The topological polar surface area (TPSA) is 131 Å². The maximum atomic E-state index is 12.3. The van der Waals surface area contributed by atoms with Crippen molar-refractivity contribution in [2.24, 2.45) is 5.73 Å². The Balaban J connectivity index is 2.80. The van der Waals surface area contributed by atoms with Crippen LogP contribution in [0.1, 0.15) is 12.0 Å². The van der Waals surface area contributed by atoms with Crippen LogP contribution in [-0.4, -0.2) is 37.6 Å². The van der Waals surface area contributed by atoms with Crippen LogP contribution in [0.2, 0.25) is 0 Å². The Hall–Kier alpha value is -2.74. The van der Waals surface area contributed by atoms with Gasteiger partial charge in [-0.05, 0) is 6.07 Å². The Morgan fingerprint density at radius 2 is 1.96 bits per heavy atom. The minimum atomic E-state index is -3.89. The fourth-order valence-electron chi connectivity index (χ4n) is 1.73. The molecule has 8 nitrogen and oxygen atoms in total. The minimum absolute atomic E-state index is 0.00251. The lowest BCUT2D eigenvalue weighted by molar-refractivity contribution is -0.125. The van der Waals surface area contributed by atoms with Crippen LogP contribution in [0.5, 0.6) is 5.75 Å². The van der Waals surface area contributed by atoms with E-state index in [-0.39, 0.29) is 16.2 Å². The molecule has 3 amide bonds. The second-order valence-corrected chi connectivity index (χ2v) is 6.68. The van der Waals surface area contributed by atoms with Crippen LogP contribution in [0.4, 0.5) is 13.6 Å². The van der Waals surface area contributed by atoms with Crippen LogP contribution in [0.25, 0.3) is 0 Å². The summed E-state index contributed by atoms with van der Waals surface area (Å²) in [4.78, 5) is 22.4. The molecular formula is C13H13F2N3O5S. The van der Waals surface area contributed by atoms with Crippen LogP contribution >= 0.6 is 0 Å². The zero-order valence-corrected chi connectivity index (χ0v) is 13.0. The zero-order valence-electron chi connectivity index (χ0n) is 12.2. The Morgan fingerprint density at radius 3 is 2.50 bits per heavy atom. The molecule has 0 spiro atoms. The molecule has 24 heavy (non-hydrogen) atoms. The summed E-state index contributed by atoms with van der Waals surface area (Å²) in [5.41, 5.74) is 4.78. The van der Waals surface area contributed by atoms with Crippen molar-refractivity contribution >= 4 is 21.8 Å². The van der Waals surface area contributed by atoms with Gasteiger partial charge in [-0.3, -0.25) is 4.79 Å². The molecule has 0 aromatic heterocycles. The van der Waals surface area contributed by atoms with Gasteiger partial charge in [0.05, 0.1) is 11.5 Å². The van der Waals surface area contributed by atoms with Crippen molar-refractivity contribution in [2.75, 3.05) is 5.75 Å². The van der Waals surface area contributed by atoms with Gasteiger partial charge in [0.1, 0.15) is 5.75 Å². The molecule has 0 fully saturated rings. The second kappa shape index (κ2) is 8.21. The van der Waals surface area contributed by atoms with E-state index in [4.69, 9.17) is 11.0 Å². The lowest BCUT2D eigenvalue weighted by Crippen LogP contribution is -2.37. The van der Waals surface area contributed by atoms with Gasteiger partial charge >= 0.3 is 12.6 Å². The minimum Gasteiger partial charge on any atom is -0.435 e. The van der Waals surface area contributed by atoms with Crippen LogP contribution < -0.4 is 10.5 Å². The van der Waals surface area contributed by atoms with Gasteiger partial charge in [0, 0.05) is 12.0 Å². The van der Waals surface area contributed by atoms with Gasteiger partial charge in [0.25, 0.3) is 0 Å². The van der Waals surface area contributed by atoms with Crippen molar-refractivity contribution in [1.82, 2.24) is 4.90 Å². The van der Waals surface area contributed by atoms with E-state index in [1.807, 2.05) is 0 Å². The van der Waals surface area contributed by atoms with Gasteiger partial charge in [-0.1, -0.05) is 18.2 Å². The quantitative estimate of drug-likeness (QED) is 0.569. The molecule has 0 saturated heterocycles. The molecular weight excluding hydrogens is 348 g/mol. The Labute approximate surface area is 136 Å². The normalized spacial score (nSPS) is 10.9. The van der Waals surface area contributed by atoms with Crippen molar-refractivity contribution in [3.8, 4) is 11.9 Å². The van der Waals surface area contributed by atoms with Gasteiger partial charge in [0.2, 0.25) is 5.91 Å². The number of halogens is 2. The lowest BCUT2D eigenvalue weighted by Gasteiger charge is -2.12. The predicted octanol–water partition coefficient (Wildman–Crippen LogP) is 0.981. The average Bonchev–Trinajstić information content (AvgIpc) is 2.47. The summed E-state index contributed by atoms with van der Waals surface area (Å²) in [6.07, 6.45) is 0.573. The van der Waals surface area contributed by atoms with E-state index in [1.165, 1.54) is 30.5 Å². The number of hydrogen-bond acceptors (Lipinski definition) is 6. The fourth-order valence-corrected chi connectivity index (χ4v) is 3.07. The summed E-state index contributed by atoms with van der Waals surface area (Å²) in [6.45, 7) is -3.12. The zero-order chi connectivity index (χ0) is 18.3. The number of nitrogens with zero attached hydrogens (tertiary/aromatic N) is 2. The van der Waals surface area contributed by atoms with Crippen molar-refractivity contribution in [2.45, 2.75) is 18.8 Å². The fraction of sp³-hybridized carbons (Fsp3) is 0.308. The van der Waals surface area contributed by atoms with E-state index < -0.39 is 46.3 Å². The van der Waals surface area contributed by atoms with Gasteiger partial charge < -0.3 is 10.5 Å². The summed E-state index contributed by atoms with van der Waals surface area (Å²) in [5, 5.41) is 8.57. The molecule has 130 valence electrons. The van der Waals surface area contributed by atoms with E-state index >= 15 is 0 Å². The Kier molecular flexibility index (Phi) is 6.60. The number of nitrogens with two attached hydrogens (primary N) is 1. The molecule has 1 rings (SSSR count). The lowest BCUT2D eigenvalue weighted by atomic mass is 10.2. The summed E-state index contributed by atoms with van der Waals surface area (Å²) >= 11 is 0. The number of para-hydroxylation sites is 1. The molecule has 0 heterocycles. The average molecular weight is 361 g/mol. The number of sulfone groups is 1. The molecule has 0 atom stereocenters. The Bertz CT molecular complexity index is 761. The number of ether oxygens (including phenoxy) is 1. The third-order valence-corrected chi connectivity index (χ3v) is 4.34. The summed E-state index contributed by atoms with van der Waals surface area (Å²) in [6, 6.07) is 4.00. The molecule has 2 N–H and O–H groups in total. The van der Waals surface area contributed by atoms with E-state index in [0.29, 0.717) is 0 Å². The molecule has 0 radical (unpaired) electrons. The van der Waals surface area contributed by atoms with Crippen LogP contribution in [0.3, 0.4) is 0 Å². The van der Waals surface area contributed by atoms with Gasteiger partial charge in [-0.25, -0.2) is 13.2 Å². The number of amides is 3. The van der Waals surface area contributed by atoms with E-state index in [2.05, 4.69) is 4.74 Å². The number of carbonyl (C=O) groups is 2. The third-order valence-electron chi connectivity index (χ3n) is 2.76. The monoisotopic (exact) mass is 361 g/mol. The molecule has 0 saturated carbocycles. The highest BCUT2D eigenvalue weighted by Gasteiger charge is 2.23. The van der Waals surface area contributed by atoms with Gasteiger partial charge in [-0.15, -0.1) is 0 Å². The standard InChI is InChI=1S/C13H13F2N3O5S/c14-12(15)23-10-4-2-1-3-9(10)7-24(21,22)6-5-11(19)18(8-16)13(17)20/h1-4,12H,5-7H2,(H2,17,20). The van der Waals surface area contributed by atoms with Gasteiger partial charge in [-0.2, -0.15) is 18.9 Å². The van der Waals surface area contributed by atoms with E-state index in [1.54, 1.807) is 0 Å². The van der Waals surface area contributed by atoms with Crippen LogP contribution in [0.15, 0.2) is 24.3 Å². The SMILES string of the molecule is N#CN(C(N)=O)C(=O)CCS(=O)(=O)Cc1ccccc1OC(F)F. The molecule has 1 aromatic rings. The summed E-state index contributed by atoms with van der Waals surface area (Å²) < 4.78 is 52.8. The number of benzene rings is 1. The number of hydrogen-bond donors (Lipinski definition) is 1. The number of rotatable bonds is 7. The number of carbonyl (C=O) groups excluding carboxylic acids is 2. The number of primary amides is 1. The molecule has 0 aliphatic carbocycles. The highest BCUT2D eigenvalue weighted by Crippen LogP contribution is 2.22. The number of nitriles is 1. The van der Waals surface area contributed by atoms with E-state index in [9.17, 15) is 26.8 Å². The van der Waals surface area contributed by atoms with Crippen molar-refractivity contribution in [1.29, 1.82) is 5.26 Å². The first-order chi connectivity index (χ1) is 11.2. The van der Waals surface area contributed by atoms with E-state index in [0.717, 1.165) is 0 Å². The molecule has 0 aliphatic heterocycles. The van der Waals surface area contributed by atoms with Crippen molar-refractivity contribution in [3.05, 3.63) is 29.8 Å². The second-order valence-electron chi connectivity index (χ2n) is 4.50. The summed E-state index contributed by atoms with van der Waals surface area (Å²) in [5.74, 6) is -2.71. The molecule has 0 unspecified atom stereocenters.